The van der Waals surface area contributed by atoms with Crippen molar-refractivity contribution in [3.05, 3.63) is 52.3 Å². The molecule has 3 rings (SSSR count). The Morgan fingerprint density at radius 2 is 2.19 bits per heavy atom. The first kappa shape index (κ1) is 23.1. The molecule has 1 N–H and O–H groups in total. The molecule has 0 amide bonds. The fourth-order valence-electron chi connectivity index (χ4n) is 3.62. The number of hydrogen-bond acceptors (Lipinski definition) is 5. The largest absolute Gasteiger partial charge is 0.480 e. The zero-order chi connectivity index (χ0) is 22.2. The Morgan fingerprint density at radius 1 is 1.42 bits per heavy atom. The van der Waals surface area contributed by atoms with Gasteiger partial charge in [-0.2, -0.15) is 0 Å². The maximum Gasteiger partial charge on any atom is 0.323 e. The molecule has 0 aliphatic carbocycles. The number of aliphatic carboxylic acids is 1. The van der Waals surface area contributed by atoms with Crippen molar-refractivity contribution < 1.29 is 23.8 Å². The van der Waals surface area contributed by atoms with Crippen LogP contribution in [0.1, 0.15) is 24.8 Å². The van der Waals surface area contributed by atoms with E-state index < -0.39 is 17.8 Å². The maximum absolute atomic E-state index is 14.0. The quantitative estimate of drug-likeness (QED) is 0.487. The molecular formula is C23H24ClFN2O4. The van der Waals surface area contributed by atoms with Crippen LogP contribution >= 0.6 is 11.6 Å². The van der Waals surface area contributed by atoms with Crippen molar-refractivity contribution in [1.82, 2.24) is 4.90 Å². The monoisotopic (exact) mass is 446 g/mol. The number of carboxylic acid groups (broad SMARTS) is 1. The van der Waals surface area contributed by atoms with Gasteiger partial charge in [0, 0.05) is 41.8 Å². The second-order valence-electron chi connectivity index (χ2n) is 7.34. The van der Waals surface area contributed by atoms with Crippen LogP contribution in [0, 0.1) is 23.6 Å². The summed E-state index contributed by atoms with van der Waals surface area (Å²) < 4.78 is 24.8. The van der Waals surface area contributed by atoms with Gasteiger partial charge in [-0.05, 0) is 43.8 Å². The zero-order valence-corrected chi connectivity index (χ0v) is 18.0. The highest BCUT2D eigenvalue weighted by Gasteiger charge is 2.31. The van der Waals surface area contributed by atoms with Crippen molar-refractivity contribution in [1.29, 1.82) is 0 Å². The minimum absolute atomic E-state index is 0.000855. The number of benzene rings is 1. The summed E-state index contributed by atoms with van der Waals surface area (Å²) in [5.41, 5.74) is 4.15. The first-order valence-corrected chi connectivity index (χ1v) is 10.4. The van der Waals surface area contributed by atoms with Crippen LogP contribution in [0.3, 0.4) is 0 Å². The summed E-state index contributed by atoms with van der Waals surface area (Å²) in [5, 5.41) is 9.76. The fourth-order valence-corrected chi connectivity index (χ4v) is 3.78. The molecule has 1 aromatic carbocycles. The summed E-state index contributed by atoms with van der Waals surface area (Å²) >= 11 is 5.79. The zero-order valence-electron chi connectivity index (χ0n) is 17.2. The Balaban J connectivity index is 1.66. The molecule has 0 radical (unpaired) electrons. The van der Waals surface area contributed by atoms with E-state index in [9.17, 15) is 14.3 Å². The second-order valence-corrected chi connectivity index (χ2v) is 7.78. The highest BCUT2D eigenvalue weighted by Crippen LogP contribution is 2.24. The van der Waals surface area contributed by atoms with Gasteiger partial charge in [0.1, 0.15) is 18.5 Å². The van der Waals surface area contributed by atoms with Crippen molar-refractivity contribution in [3.8, 4) is 11.8 Å². The van der Waals surface area contributed by atoms with Crippen molar-refractivity contribution in [2.45, 2.75) is 31.9 Å². The third-order valence-electron chi connectivity index (χ3n) is 5.32. The van der Waals surface area contributed by atoms with Gasteiger partial charge in [-0.1, -0.05) is 29.5 Å². The molecule has 2 aliphatic heterocycles. The van der Waals surface area contributed by atoms with E-state index in [1.165, 1.54) is 13.2 Å². The topological polar surface area (TPSA) is 71.4 Å². The average molecular weight is 447 g/mol. The van der Waals surface area contributed by atoms with E-state index in [0.717, 1.165) is 18.6 Å². The van der Waals surface area contributed by atoms with E-state index in [1.807, 2.05) is 4.90 Å². The number of piperidine rings is 1. The Morgan fingerprint density at radius 3 is 2.87 bits per heavy atom. The van der Waals surface area contributed by atoms with E-state index in [4.69, 9.17) is 21.1 Å². The van der Waals surface area contributed by atoms with Gasteiger partial charge < -0.3 is 14.6 Å². The van der Waals surface area contributed by atoms with Crippen molar-refractivity contribution in [2.75, 3.05) is 26.8 Å². The van der Waals surface area contributed by atoms with E-state index in [2.05, 4.69) is 22.6 Å². The molecule has 0 spiro atoms. The number of rotatable bonds is 8. The standard InChI is InChI=1S/C23H24ClFN2O4/c1-30-15-21(23(28)29)27-11-9-16(10-12-27)20-5-3-2-4-6-22(26-20)31-14-17-7-8-18(24)13-19(17)25/h4,7-8,13,16,21H,5,9-12,14-15H2,1H3,(H,28,29)/b26-20+. The van der Waals surface area contributed by atoms with E-state index in [-0.39, 0.29) is 25.0 Å². The molecule has 1 fully saturated rings. The first-order valence-electron chi connectivity index (χ1n) is 10.0. The maximum atomic E-state index is 14.0. The van der Waals surface area contributed by atoms with Crippen LogP contribution in [-0.4, -0.2) is 54.5 Å². The first-order chi connectivity index (χ1) is 15.0. The van der Waals surface area contributed by atoms with Crippen LogP contribution in [0.5, 0.6) is 0 Å². The van der Waals surface area contributed by atoms with Crippen LogP contribution < -0.4 is 0 Å². The van der Waals surface area contributed by atoms with Gasteiger partial charge in [0.15, 0.2) is 0 Å². The molecule has 0 aromatic heterocycles. The van der Waals surface area contributed by atoms with Crippen molar-refractivity contribution in [2.24, 2.45) is 10.9 Å². The van der Waals surface area contributed by atoms with Gasteiger partial charge in [0.25, 0.3) is 5.88 Å². The summed E-state index contributed by atoms with van der Waals surface area (Å²) in [6.07, 6.45) is 3.55. The summed E-state index contributed by atoms with van der Waals surface area (Å²) in [6.45, 7) is 1.41. The number of methoxy groups -OCH3 is 1. The summed E-state index contributed by atoms with van der Waals surface area (Å²) in [5.74, 6) is 5.04. The number of ether oxygens (including phenoxy) is 2. The number of likely N-dealkylation sites (tertiary alicyclic amines) is 1. The van der Waals surface area contributed by atoms with Crippen molar-refractivity contribution in [3.63, 3.8) is 0 Å². The van der Waals surface area contributed by atoms with Gasteiger partial charge in [0.05, 0.1) is 6.61 Å². The fraction of sp³-hybridized carbons (Fsp3) is 0.435. The smallest absolute Gasteiger partial charge is 0.323 e. The summed E-state index contributed by atoms with van der Waals surface area (Å²) in [4.78, 5) is 18.0. The number of allylic oxidation sites excluding steroid dienone is 1. The number of carbonyl (C=O) groups is 1. The number of halogens is 2. The number of aliphatic imine (C=N–C) groups is 1. The Labute approximate surface area is 186 Å². The highest BCUT2D eigenvalue weighted by molar-refractivity contribution is 6.30. The SMILES string of the molecule is COCC(C(=O)O)N1CCC(/C2=N/C(OCc3ccc(Cl)cc3F)=C=CC#CC2)CC1. The Kier molecular flexibility index (Phi) is 8.27. The van der Waals surface area contributed by atoms with Gasteiger partial charge in [0.2, 0.25) is 0 Å². The van der Waals surface area contributed by atoms with Gasteiger partial charge >= 0.3 is 5.97 Å². The van der Waals surface area contributed by atoms with Gasteiger partial charge in [-0.15, -0.1) is 0 Å². The lowest BCUT2D eigenvalue weighted by Gasteiger charge is -2.35. The lowest BCUT2D eigenvalue weighted by molar-refractivity contribution is -0.146. The molecule has 1 atom stereocenters. The van der Waals surface area contributed by atoms with Crippen LogP contribution in [0.4, 0.5) is 4.39 Å². The van der Waals surface area contributed by atoms with Crippen LogP contribution in [-0.2, 0) is 20.9 Å². The predicted molar refractivity (Wildman–Crippen MR) is 115 cm³/mol. The summed E-state index contributed by atoms with van der Waals surface area (Å²) in [7, 11) is 1.50. The molecule has 0 saturated carbocycles. The molecule has 31 heavy (non-hydrogen) atoms. The van der Waals surface area contributed by atoms with Gasteiger partial charge in [-0.25, -0.2) is 9.38 Å². The van der Waals surface area contributed by atoms with Crippen LogP contribution in [0.25, 0.3) is 0 Å². The predicted octanol–water partition coefficient (Wildman–Crippen LogP) is 3.65. The van der Waals surface area contributed by atoms with Crippen LogP contribution in [0.15, 0.2) is 40.9 Å². The van der Waals surface area contributed by atoms with E-state index in [1.54, 1.807) is 18.2 Å². The molecule has 2 heterocycles. The molecule has 1 unspecified atom stereocenters. The highest BCUT2D eigenvalue weighted by atomic mass is 35.5. The minimum Gasteiger partial charge on any atom is -0.480 e. The molecule has 1 aromatic rings. The number of carboxylic acids is 1. The lowest BCUT2D eigenvalue weighted by Crippen LogP contribution is -2.48. The van der Waals surface area contributed by atoms with E-state index in [0.29, 0.717) is 30.1 Å². The summed E-state index contributed by atoms with van der Waals surface area (Å²) in [6, 6.07) is 3.77. The molecule has 164 valence electrons. The third kappa shape index (κ3) is 6.43. The Bertz CT molecular complexity index is 968. The molecule has 0 bridgehead atoms. The minimum atomic E-state index is -0.882. The average Bonchev–Trinajstić information content (AvgIpc) is 2.72. The lowest BCUT2D eigenvalue weighted by atomic mass is 9.89. The number of nitrogens with zero attached hydrogens (tertiary/aromatic N) is 2. The third-order valence-corrected chi connectivity index (χ3v) is 5.55. The van der Waals surface area contributed by atoms with Gasteiger partial charge in [-0.3, -0.25) is 9.69 Å². The molecular weight excluding hydrogens is 423 g/mol. The molecule has 8 heteroatoms. The molecule has 1 saturated heterocycles. The molecule has 6 nitrogen and oxygen atoms in total. The van der Waals surface area contributed by atoms with E-state index >= 15 is 0 Å². The number of hydrogen-bond donors (Lipinski definition) is 1. The molecule has 2 aliphatic rings. The normalized spacial score (nSPS) is 19.8. The Hall–Kier alpha value is -2.62. The second kappa shape index (κ2) is 11.1. The van der Waals surface area contributed by atoms with Crippen molar-refractivity contribution >= 4 is 23.3 Å². The van der Waals surface area contributed by atoms with Crippen LogP contribution in [0.2, 0.25) is 5.02 Å².